The molecule has 1 saturated heterocycles. The Kier molecular flexibility index (Phi) is 5.27. The highest BCUT2D eigenvalue weighted by Crippen LogP contribution is 2.32. The number of hydrogen-bond donors (Lipinski definition) is 3. The summed E-state index contributed by atoms with van der Waals surface area (Å²) in [5.74, 6) is -1.24. The predicted octanol–water partition coefficient (Wildman–Crippen LogP) is 1.95. The predicted molar refractivity (Wildman–Crippen MR) is 103 cm³/mol. The number of piperidine rings is 1. The highest BCUT2D eigenvalue weighted by molar-refractivity contribution is 6.16. The highest BCUT2D eigenvalue weighted by Gasteiger charge is 2.33. The first-order chi connectivity index (χ1) is 12.8. The number of nitrogens with one attached hydrogen (secondary N) is 1. The fraction of sp³-hybridized carbons (Fsp3) is 0.263. The van der Waals surface area contributed by atoms with Gasteiger partial charge in [-0.1, -0.05) is 18.2 Å². The Morgan fingerprint density at radius 3 is 2.81 bits per heavy atom. The zero-order chi connectivity index (χ0) is 19.6. The summed E-state index contributed by atoms with van der Waals surface area (Å²) >= 11 is 0. The number of aliphatic imine (C=N–C) groups is 1. The van der Waals surface area contributed by atoms with Crippen molar-refractivity contribution in [2.24, 2.45) is 10.7 Å². The average molecular weight is 368 g/mol. The molecular formula is C19H19BF2N4O. The maximum absolute atomic E-state index is 14.5. The van der Waals surface area contributed by atoms with Crippen LogP contribution in [0, 0.1) is 5.82 Å². The average Bonchev–Trinajstić information content (AvgIpc) is 2.61. The molecule has 0 aliphatic carbocycles. The Labute approximate surface area is 157 Å². The molecule has 2 radical (unpaired) electrons. The van der Waals surface area contributed by atoms with Crippen LogP contribution in [0.15, 0.2) is 41.4 Å². The van der Waals surface area contributed by atoms with E-state index in [1.54, 1.807) is 18.2 Å². The van der Waals surface area contributed by atoms with Crippen molar-refractivity contribution in [3.63, 3.8) is 0 Å². The fourth-order valence-electron chi connectivity index (χ4n) is 3.18. The lowest BCUT2D eigenvalue weighted by Gasteiger charge is -2.37. The number of primary amides is 1. The van der Waals surface area contributed by atoms with Crippen molar-refractivity contribution in [2.45, 2.75) is 17.9 Å². The molecule has 5 N–H and O–H groups in total. The van der Waals surface area contributed by atoms with Crippen molar-refractivity contribution in [1.29, 1.82) is 0 Å². The Balaban J connectivity index is 1.86. The number of nitrogens with two attached hydrogens (primary N) is 2. The lowest BCUT2D eigenvalue weighted by atomic mass is 9.60. The lowest BCUT2D eigenvalue weighted by Crippen LogP contribution is -2.48. The molecule has 1 heterocycles. The third-order valence-corrected chi connectivity index (χ3v) is 4.66. The van der Waals surface area contributed by atoms with Gasteiger partial charge >= 0.3 is 0 Å². The van der Waals surface area contributed by atoms with Gasteiger partial charge in [0.05, 0.1) is 24.8 Å². The molecule has 5 nitrogen and oxygen atoms in total. The van der Waals surface area contributed by atoms with E-state index in [1.807, 2.05) is 0 Å². The SMILES string of the molecule is [B]C1(c2ccc(N=Cc3cccc(C(N)=O)c3N)c(F)c2)CNCC(F)C1. The Bertz CT molecular complexity index is 905. The number of nitrogens with zero attached hydrogens (tertiary/aromatic N) is 1. The van der Waals surface area contributed by atoms with E-state index in [0.29, 0.717) is 17.7 Å². The molecule has 3 rings (SSSR count). The van der Waals surface area contributed by atoms with Crippen LogP contribution >= 0.6 is 0 Å². The van der Waals surface area contributed by atoms with Crippen LogP contribution < -0.4 is 16.8 Å². The van der Waals surface area contributed by atoms with Crippen molar-refractivity contribution >= 4 is 31.3 Å². The van der Waals surface area contributed by atoms with Crippen LogP contribution in [0.25, 0.3) is 0 Å². The van der Waals surface area contributed by atoms with Crippen LogP contribution in [-0.4, -0.2) is 39.2 Å². The molecule has 1 aliphatic heterocycles. The molecule has 2 aromatic rings. The van der Waals surface area contributed by atoms with Gasteiger partial charge in [-0.25, -0.2) is 8.78 Å². The van der Waals surface area contributed by atoms with Crippen LogP contribution in [0.3, 0.4) is 0 Å². The van der Waals surface area contributed by atoms with Gasteiger partial charge in [-0.2, -0.15) is 0 Å². The molecule has 1 fully saturated rings. The first-order valence-electron chi connectivity index (χ1n) is 8.46. The van der Waals surface area contributed by atoms with Gasteiger partial charge in [-0.15, -0.1) is 0 Å². The minimum absolute atomic E-state index is 0.0757. The Hall–Kier alpha value is -2.74. The number of rotatable bonds is 4. The summed E-state index contributed by atoms with van der Waals surface area (Å²) in [6.45, 7) is 0.613. The van der Waals surface area contributed by atoms with E-state index in [9.17, 15) is 13.6 Å². The van der Waals surface area contributed by atoms with Gasteiger partial charge in [-0.05, 0) is 42.0 Å². The van der Waals surface area contributed by atoms with Crippen LogP contribution in [-0.2, 0) is 5.31 Å². The van der Waals surface area contributed by atoms with E-state index < -0.39 is 23.2 Å². The van der Waals surface area contributed by atoms with Gasteiger partial charge in [0, 0.05) is 18.3 Å². The normalized spacial score (nSPS) is 22.8. The Morgan fingerprint density at radius 1 is 1.37 bits per heavy atom. The maximum Gasteiger partial charge on any atom is 0.250 e. The van der Waals surface area contributed by atoms with Crippen molar-refractivity contribution in [2.75, 3.05) is 18.8 Å². The number of amides is 1. The van der Waals surface area contributed by atoms with E-state index in [1.165, 1.54) is 24.4 Å². The molecule has 2 atom stereocenters. The third kappa shape index (κ3) is 4.00. The summed E-state index contributed by atoms with van der Waals surface area (Å²) in [6.07, 6.45) is 0.404. The zero-order valence-corrected chi connectivity index (χ0v) is 14.6. The second-order valence-corrected chi connectivity index (χ2v) is 6.69. The fourth-order valence-corrected chi connectivity index (χ4v) is 3.18. The zero-order valence-electron chi connectivity index (χ0n) is 14.6. The van der Waals surface area contributed by atoms with Crippen molar-refractivity contribution in [1.82, 2.24) is 5.32 Å². The quantitative estimate of drug-likeness (QED) is 0.438. The van der Waals surface area contributed by atoms with Gasteiger partial charge in [0.1, 0.15) is 12.0 Å². The van der Waals surface area contributed by atoms with Gasteiger partial charge in [0.25, 0.3) is 5.91 Å². The van der Waals surface area contributed by atoms with Gasteiger partial charge in [0.2, 0.25) is 0 Å². The van der Waals surface area contributed by atoms with E-state index in [4.69, 9.17) is 19.3 Å². The number of halogens is 2. The largest absolute Gasteiger partial charge is 0.398 e. The minimum Gasteiger partial charge on any atom is -0.398 e. The number of anilines is 1. The second kappa shape index (κ2) is 7.48. The molecular weight excluding hydrogens is 349 g/mol. The number of alkyl halides is 1. The summed E-state index contributed by atoms with van der Waals surface area (Å²) in [5, 5.41) is 1.95. The number of benzene rings is 2. The summed E-state index contributed by atoms with van der Waals surface area (Å²) in [4.78, 5) is 15.4. The number of carbonyl (C=O) groups is 1. The molecule has 8 heteroatoms. The molecule has 0 spiro atoms. The molecule has 2 unspecified atom stereocenters. The molecule has 1 aliphatic rings. The highest BCUT2D eigenvalue weighted by atomic mass is 19.1. The van der Waals surface area contributed by atoms with Crippen molar-refractivity contribution in [3.8, 4) is 0 Å². The molecule has 27 heavy (non-hydrogen) atoms. The summed E-state index contributed by atoms with van der Waals surface area (Å²) < 4.78 is 28.2. The topological polar surface area (TPSA) is 93.5 Å². The van der Waals surface area contributed by atoms with Gasteiger partial charge in [-0.3, -0.25) is 9.79 Å². The summed E-state index contributed by atoms with van der Waals surface area (Å²) in [5.41, 5.74) is 12.5. The number of para-hydroxylation sites is 1. The van der Waals surface area contributed by atoms with Gasteiger partial charge in [0.15, 0.2) is 0 Å². The lowest BCUT2D eigenvalue weighted by molar-refractivity contribution is 0.100. The summed E-state index contributed by atoms with van der Waals surface area (Å²) in [7, 11) is 6.25. The van der Waals surface area contributed by atoms with E-state index in [2.05, 4.69) is 10.3 Å². The van der Waals surface area contributed by atoms with E-state index >= 15 is 0 Å². The first-order valence-corrected chi connectivity index (χ1v) is 8.46. The van der Waals surface area contributed by atoms with Crippen LogP contribution in [0.4, 0.5) is 20.2 Å². The first kappa shape index (κ1) is 19.0. The van der Waals surface area contributed by atoms with Crippen LogP contribution in [0.1, 0.15) is 27.9 Å². The van der Waals surface area contributed by atoms with Crippen molar-refractivity contribution in [3.05, 3.63) is 58.9 Å². The van der Waals surface area contributed by atoms with Crippen molar-refractivity contribution < 1.29 is 13.6 Å². The number of hydrogen-bond acceptors (Lipinski definition) is 4. The second-order valence-electron chi connectivity index (χ2n) is 6.69. The van der Waals surface area contributed by atoms with E-state index in [0.717, 1.165) is 0 Å². The summed E-state index contributed by atoms with van der Waals surface area (Å²) in [6, 6.07) is 9.14. The monoisotopic (exact) mass is 368 g/mol. The number of carbonyl (C=O) groups excluding carboxylic acids is 1. The molecule has 1 amide bonds. The molecule has 0 saturated carbocycles. The molecule has 0 aromatic heterocycles. The smallest absolute Gasteiger partial charge is 0.250 e. The molecule has 0 bridgehead atoms. The number of nitrogen functional groups attached to an aromatic ring is 1. The Morgan fingerprint density at radius 2 is 2.15 bits per heavy atom. The van der Waals surface area contributed by atoms with Crippen LogP contribution in [0.5, 0.6) is 0 Å². The molecule has 2 aromatic carbocycles. The van der Waals surface area contributed by atoms with E-state index in [-0.39, 0.29) is 29.9 Å². The maximum atomic E-state index is 14.5. The van der Waals surface area contributed by atoms with Crippen LogP contribution in [0.2, 0.25) is 0 Å². The third-order valence-electron chi connectivity index (χ3n) is 4.66. The minimum atomic E-state index is -1.08. The molecule has 138 valence electrons. The van der Waals surface area contributed by atoms with Gasteiger partial charge < -0.3 is 16.8 Å². The standard InChI is InChI=1S/C19H19BF2N4O/c20-19(7-13(21)9-25-10-19)12-4-5-16(15(22)6-12)26-8-11-2-1-3-14(17(11)23)18(24)27/h1-6,8,13,25H,7,9-10,23H2,(H2,24,27).